The van der Waals surface area contributed by atoms with Crippen LogP contribution in [0.5, 0.6) is 0 Å². The smallest absolute Gasteiger partial charge is 0.0794 e. The van der Waals surface area contributed by atoms with Crippen LogP contribution in [-0.2, 0) is 0 Å². The molecule has 1 heteroatoms. The van der Waals surface area contributed by atoms with Gasteiger partial charge in [-0.25, -0.2) is 4.98 Å². The number of hydrogen-bond acceptors (Lipinski definition) is 1. The Balaban J connectivity index is 1.34. The van der Waals surface area contributed by atoms with Crippen molar-refractivity contribution in [2.75, 3.05) is 0 Å². The molecule has 0 aliphatic heterocycles. The molecule has 1 nitrogen and oxygen atoms in total. The summed E-state index contributed by atoms with van der Waals surface area (Å²) in [6.45, 7) is 0. The molecular formula is C39H23N. The summed E-state index contributed by atoms with van der Waals surface area (Å²) in [7, 11) is 0. The van der Waals surface area contributed by atoms with Crippen LogP contribution in [0.4, 0.5) is 0 Å². The second-order valence-corrected chi connectivity index (χ2v) is 10.7. The molecular weight excluding hydrogens is 482 g/mol. The van der Waals surface area contributed by atoms with Crippen molar-refractivity contribution >= 4 is 64.9 Å². The van der Waals surface area contributed by atoms with E-state index in [9.17, 15) is 0 Å². The van der Waals surface area contributed by atoms with Gasteiger partial charge in [0.2, 0.25) is 0 Å². The van der Waals surface area contributed by atoms with Crippen LogP contribution in [0.1, 0.15) is 0 Å². The minimum Gasteiger partial charge on any atom is -0.247 e. The first-order chi connectivity index (χ1) is 19.8. The summed E-state index contributed by atoms with van der Waals surface area (Å²) in [6.07, 6.45) is 0. The molecule has 0 aliphatic rings. The zero-order chi connectivity index (χ0) is 26.2. The SMILES string of the molecule is c1cc(-c2c3ccccc3nc3c2ccc2ccccc23)cc(-c2ccc3ccc4cccc5ccc2c3c45)c1. The molecule has 1 aromatic heterocycles. The number of aromatic nitrogens is 1. The van der Waals surface area contributed by atoms with E-state index < -0.39 is 0 Å². The fourth-order valence-corrected chi connectivity index (χ4v) is 6.77. The van der Waals surface area contributed by atoms with Gasteiger partial charge in [0.25, 0.3) is 0 Å². The first-order valence-electron chi connectivity index (χ1n) is 13.8. The molecule has 40 heavy (non-hydrogen) atoms. The summed E-state index contributed by atoms with van der Waals surface area (Å²) in [5, 5.41) is 12.7. The van der Waals surface area contributed by atoms with E-state index in [1.54, 1.807) is 0 Å². The molecule has 0 aliphatic carbocycles. The Kier molecular flexibility index (Phi) is 4.39. The maximum atomic E-state index is 5.16. The monoisotopic (exact) mass is 505 g/mol. The Hall–Kier alpha value is -5.27. The number of fused-ring (bicyclic) bond motifs is 4. The van der Waals surface area contributed by atoms with E-state index in [-0.39, 0.29) is 0 Å². The number of rotatable bonds is 2. The lowest BCUT2D eigenvalue weighted by Crippen LogP contribution is -1.91. The summed E-state index contributed by atoms with van der Waals surface area (Å²) < 4.78 is 0. The molecule has 0 saturated heterocycles. The number of benzene rings is 8. The highest BCUT2D eigenvalue weighted by molar-refractivity contribution is 6.25. The van der Waals surface area contributed by atoms with Gasteiger partial charge in [-0.1, -0.05) is 127 Å². The second-order valence-electron chi connectivity index (χ2n) is 10.7. The maximum absolute atomic E-state index is 5.16. The molecule has 0 amide bonds. The Morgan fingerprint density at radius 2 is 1.00 bits per heavy atom. The van der Waals surface area contributed by atoms with Gasteiger partial charge in [-0.2, -0.15) is 0 Å². The van der Waals surface area contributed by atoms with Crippen LogP contribution in [0.3, 0.4) is 0 Å². The van der Waals surface area contributed by atoms with Gasteiger partial charge in [0.1, 0.15) is 0 Å². The molecule has 9 aromatic rings. The van der Waals surface area contributed by atoms with Gasteiger partial charge < -0.3 is 0 Å². The van der Waals surface area contributed by atoms with Crippen molar-refractivity contribution in [3.8, 4) is 22.3 Å². The van der Waals surface area contributed by atoms with Crippen LogP contribution in [0.2, 0.25) is 0 Å². The highest BCUT2D eigenvalue weighted by Gasteiger charge is 2.16. The van der Waals surface area contributed by atoms with Gasteiger partial charge in [-0.05, 0) is 66.5 Å². The standard InChI is InChI=1S/C39H23N/c1-2-12-31-24(7-1)17-22-34-37(33-13-3-4-14-35(33)40-39(31)34)29-11-6-10-28(23-29)30-20-18-27-16-15-25-8-5-9-26-19-21-32(30)38(27)36(25)26/h1-23H. The first-order valence-corrected chi connectivity index (χ1v) is 13.8. The summed E-state index contributed by atoms with van der Waals surface area (Å²) in [6, 6.07) is 50.8. The summed E-state index contributed by atoms with van der Waals surface area (Å²) in [5.41, 5.74) is 7.02. The van der Waals surface area contributed by atoms with E-state index in [2.05, 4.69) is 140 Å². The second kappa shape index (κ2) is 8.11. The van der Waals surface area contributed by atoms with Crippen molar-refractivity contribution in [3.63, 3.8) is 0 Å². The van der Waals surface area contributed by atoms with E-state index in [1.807, 2.05) is 0 Å². The molecule has 0 atom stereocenters. The van der Waals surface area contributed by atoms with Crippen LogP contribution in [0, 0.1) is 0 Å². The minimum absolute atomic E-state index is 1.02. The number of para-hydroxylation sites is 1. The molecule has 0 spiro atoms. The van der Waals surface area contributed by atoms with E-state index in [1.165, 1.54) is 76.1 Å². The maximum Gasteiger partial charge on any atom is 0.0794 e. The third-order valence-electron chi connectivity index (χ3n) is 8.57. The highest BCUT2D eigenvalue weighted by Crippen LogP contribution is 2.42. The molecule has 8 aromatic carbocycles. The molecule has 0 bridgehead atoms. The summed E-state index contributed by atoms with van der Waals surface area (Å²) >= 11 is 0. The largest absolute Gasteiger partial charge is 0.247 e. The van der Waals surface area contributed by atoms with Crippen molar-refractivity contribution in [2.24, 2.45) is 0 Å². The van der Waals surface area contributed by atoms with Crippen LogP contribution >= 0.6 is 0 Å². The lowest BCUT2D eigenvalue weighted by molar-refractivity contribution is 1.51. The molecule has 184 valence electrons. The third-order valence-corrected chi connectivity index (χ3v) is 8.57. The molecule has 1 heterocycles. The van der Waals surface area contributed by atoms with E-state index in [4.69, 9.17) is 4.98 Å². The minimum atomic E-state index is 1.02. The zero-order valence-electron chi connectivity index (χ0n) is 21.7. The third kappa shape index (κ3) is 3.00. The first kappa shape index (κ1) is 21.6. The van der Waals surface area contributed by atoms with Crippen molar-refractivity contribution in [3.05, 3.63) is 140 Å². The van der Waals surface area contributed by atoms with Crippen molar-refractivity contribution in [2.45, 2.75) is 0 Å². The van der Waals surface area contributed by atoms with E-state index in [0.29, 0.717) is 0 Å². The lowest BCUT2D eigenvalue weighted by Gasteiger charge is -2.16. The van der Waals surface area contributed by atoms with Crippen LogP contribution in [0.15, 0.2) is 140 Å². The van der Waals surface area contributed by atoms with Gasteiger partial charge in [-0.15, -0.1) is 0 Å². The molecule has 0 N–H and O–H groups in total. The Morgan fingerprint density at radius 1 is 0.375 bits per heavy atom. The topological polar surface area (TPSA) is 12.9 Å². The Morgan fingerprint density at radius 3 is 1.90 bits per heavy atom. The number of nitrogens with zero attached hydrogens (tertiary/aromatic N) is 1. The predicted octanol–water partition coefficient (Wildman–Crippen LogP) is 10.8. The van der Waals surface area contributed by atoms with Crippen LogP contribution in [0.25, 0.3) is 87.1 Å². The van der Waals surface area contributed by atoms with Gasteiger partial charge in [-0.3, -0.25) is 0 Å². The van der Waals surface area contributed by atoms with Crippen molar-refractivity contribution in [1.29, 1.82) is 0 Å². The van der Waals surface area contributed by atoms with Gasteiger partial charge in [0, 0.05) is 21.7 Å². The number of hydrogen-bond donors (Lipinski definition) is 0. The average Bonchev–Trinajstić information content (AvgIpc) is 3.02. The van der Waals surface area contributed by atoms with E-state index >= 15 is 0 Å². The van der Waals surface area contributed by atoms with Crippen LogP contribution < -0.4 is 0 Å². The molecule has 0 fully saturated rings. The Labute approximate surface area is 231 Å². The fourth-order valence-electron chi connectivity index (χ4n) is 6.77. The average molecular weight is 506 g/mol. The predicted molar refractivity (Wildman–Crippen MR) is 171 cm³/mol. The summed E-state index contributed by atoms with van der Waals surface area (Å²) in [4.78, 5) is 5.16. The Bertz CT molecular complexity index is 2420. The highest BCUT2D eigenvalue weighted by atomic mass is 14.7. The lowest BCUT2D eigenvalue weighted by atomic mass is 9.88. The van der Waals surface area contributed by atoms with Gasteiger partial charge >= 0.3 is 0 Å². The summed E-state index contributed by atoms with van der Waals surface area (Å²) in [5.74, 6) is 0. The quantitative estimate of drug-likeness (QED) is 0.168. The normalized spacial score (nSPS) is 12.0. The molecule has 0 radical (unpaired) electrons. The van der Waals surface area contributed by atoms with Gasteiger partial charge in [0.05, 0.1) is 11.0 Å². The van der Waals surface area contributed by atoms with Gasteiger partial charge in [0.15, 0.2) is 0 Å². The molecule has 0 unspecified atom stereocenters. The van der Waals surface area contributed by atoms with Crippen molar-refractivity contribution in [1.82, 2.24) is 4.98 Å². The van der Waals surface area contributed by atoms with E-state index in [0.717, 1.165) is 11.0 Å². The fraction of sp³-hybridized carbons (Fsp3) is 0. The molecule has 9 rings (SSSR count). The zero-order valence-corrected chi connectivity index (χ0v) is 21.7. The van der Waals surface area contributed by atoms with Crippen LogP contribution in [-0.4, -0.2) is 4.98 Å². The molecule has 0 saturated carbocycles. The van der Waals surface area contributed by atoms with Crippen molar-refractivity contribution < 1.29 is 0 Å². The number of pyridine rings is 1.